The van der Waals surface area contributed by atoms with E-state index in [1.54, 1.807) is 47.1 Å². The van der Waals surface area contributed by atoms with Crippen molar-refractivity contribution in [3.05, 3.63) is 131 Å². The van der Waals surface area contributed by atoms with E-state index in [1.807, 2.05) is 78.9 Å². The first-order valence-corrected chi connectivity index (χ1v) is 16.0. The van der Waals surface area contributed by atoms with E-state index in [0.29, 0.717) is 41.3 Å². The Balaban J connectivity index is 1.23. The summed E-state index contributed by atoms with van der Waals surface area (Å²) in [5, 5.41) is 22.2. The molecule has 0 aromatic heterocycles. The van der Waals surface area contributed by atoms with Crippen LogP contribution in [0.15, 0.2) is 109 Å². The Morgan fingerprint density at radius 1 is 1.00 bits per heavy atom. The van der Waals surface area contributed by atoms with Crippen LogP contribution in [0.1, 0.15) is 35.6 Å². The van der Waals surface area contributed by atoms with Crippen molar-refractivity contribution in [3.8, 4) is 5.75 Å². The first kappa shape index (κ1) is 32.7. The Morgan fingerprint density at radius 3 is 2.46 bits per heavy atom. The van der Waals surface area contributed by atoms with Gasteiger partial charge in [-0.1, -0.05) is 73.7 Å². The molecule has 4 aromatic rings. The highest BCUT2D eigenvalue weighted by atomic mass is 16.5. The molecule has 0 radical (unpaired) electrons. The van der Waals surface area contributed by atoms with Crippen molar-refractivity contribution in [2.45, 2.75) is 44.5 Å². The molecule has 4 aromatic carbocycles. The number of hydrogen-bond acceptors (Lipinski definition) is 6. The molecule has 2 N–H and O–H groups in total. The quantitative estimate of drug-likeness (QED) is 0.170. The molecule has 6 rings (SSSR count). The number of aliphatic hydroxyl groups is 2. The summed E-state index contributed by atoms with van der Waals surface area (Å²) >= 11 is 0. The minimum absolute atomic E-state index is 0.0589. The van der Waals surface area contributed by atoms with E-state index < -0.39 is 17.4 Å². The van der Waals surface area contributed by atoms with Gasteiger partial charge >= 0.3 is 0 Å². The third-order valence-corrected chi connectivity index (χ3v) is 9.41. The summed E-state index contributed by atoms with van der Waals surface area (Å²) in [5.41, 5.74) is 3.37. The SMILES string of the molecule is COc1ccc2c(c1)[C@@](O)([C@H](C)/C=C/CC(=O)N1Cc3ccccc3C[C@H]1CO)C(=O)N2Cc1cccc(N(C=O)c2ccccc2)c1. The Labute approximate surface area is 280 Å². The van der Waals surface area contributed by atoms with Crippen LogP contribution in [0.25, 0.3) is 0 Å². The van der Waals surface area contributed by atoms with E-state index in [0.717, 1.165) is 23.1 Å². The molecule has 2 heterocycles. The first-order chi connectivity index (χ1) is 23.3. The molecule has 246 valence electrons. The second-order valence-electron chi connectivity index (χ2n) is 12.3. The second-order valence-corrected chi connectivity index (χ2v) is 12.3. The fraction of sp³-hybridized carbons (Fsp3) is 0.256. The van der Waals surface area contributed by atoms with E-state index in [1.165, 1.54) is 12.0 Å². The number of fused-ring (bicyclic) bond motifs is 2. The molecule has 0 saturated carbocycles. The predicted octanol–water partition coefficient (Wildman–Crippen LogP) is 5.25. The van der Waals surface area contributed by atoms with Gasteiger partial charge in [0.1, 0.15) is 5.75 Å². The zero-order valence-electron chi connectivity index (χ0n) is 27.0. The molecule has 48 heavy (non-hydrogen) atoms. The van der Waals surface area contributed by atoms with E-state index in [2.05, 4.69) is 0 Å². The van der Waals surface area contributed by atoms with Crippen molar-refractivity contribution in [3.63, 3.8) is 0 Å². The van der Waals surface area contributed by atoms with Crippen LogP contribution in [0.5, 0.6) is 5.75 Å². The zero-order chi connectivity index (χ0) is 33.8. The topological polar surface area (TPSA) is 111 Å². The van der Waals surface area contributed by atoms with Crippen LogP contribution in [0.3, 0.4) is 0 Å². The van der Waals surface area contributed by atoms with E-state index in [-0.39, 0.29) is 31.5 Å². The molecule has 2 aliphatic rings. The molecule has 0 aliphatic carbocycles. The summed E-state index contributed by atoms with van der Waals surface area (Å²) in [6.07, 6.45) is 4.79. The van der Waals surface area contributed by atoms with Gasteiger partial charge in [0.15, 0.2) is 5.60 Å². The Morgan fingerprint density at radius 2 is 1.73 bits per heavy atom. The Bertz CT molecular complexity index is 1840. The molecular formula is C39H39N3O6. The molecule has 2 aliphatic heterocycles. The monoisotopic (exact) mass is 645 g/mol. The number of nitrogens with zero attached hydrogens (tertiary/aromatic N) is 3. The maximum Gasteiger partial charge on any atom is 0.264 e. The lowest BCUT2D eigenvalue weighted by atomic mass is 9.82. The smallest absolute Gasteiger partial charge is 0.264 e. The fourth-order valence-corrected chi connectivity index (χ4v) is 6.73. The van der Waals surface area contributed by atoms with Gasteiger partial charge in [-0.15, -0.1) is 0 Å². The number of amides is 3. The summed E-state index contributed by atoms with van der Waals surface area (Å²) in [6, 6.07) is 29.5. The lowest BCUT2D eigenvalue weighted by Crippen LogP contribution is -2.46. The van der Waals surface area contributed by atoms with Gasteiger partial charge in [-0.25, -0.2) is 0 Å². The van der Waals surface area contributed by atoms with Gasteiger partial charge in [0, 0.05) is 35.8 Å². The highest BCUT2D eigenvalue weighted by Crippen LogP contribution is 2.47. The van der Waals surface area contributed by atoms with Gasteiger partial charge in [0.05, 0.1) is 32.0 Å². The molecule has 3 amide bonds. The van der Waals surface area contributed by atoms with Crippen molar-refractivity contribution in [1.29, 1.82) is 0 Å². The maximum atomic E-state index is 14.2. The number of hydrogen-bond donors (Lipinski definition) is 2. The van der Waals surface area contributed by atoms with Crippen LogP contribution in [0.2, 0.25) is 0 Å². The average molecular weight is 646 g/mol. The molecule has 0 spiro atoms. The van der Waals surface area contributed by atoms with Gasteiger partial charge in [0.25, 0.3) is 5.91 Å². The van der Waals surface area contributed by atoms with Crippen LogP contribution in [-0.4, -0.2) is 53.1 Å². The van der Waals surface area contributed by atoms with Crippen molar-refractivity contribution in [2.75, 3.05) is 23.5 Å². The summed E-state index contributed by atoms with van der Waals surface area (Å²) in [6.45, 7) is 2.20. The largest absolute Gasteiger partial charge is 0.497 e. The lowest BCUT2D eigenvalue weighted by Gasteiger charge is -2.36. The summed E-state index contributed by atoms with van der Waals surface area (Å²) in [4.78, 5) is 44.4. The van der Waals surface area contributed by atoms with Crippen LogP contribution < -0.4 is 14.5 Å². The number of anilines is 3. The van der Waals surface area contributed by atoms with Crippen molar-refractivity contribution in [1.82, 2.24) is 4.90 Å². The second kappa shape index (κ2) is 13.9. The Kier molecular flexibility index (Phi) is 9.43. The molecule has 9 heteroatoms. The number of methoxy groups -OCH3 is 1. The number of carbonyl (C=O) groups is 3. The van der Waals surface area contributed by atoms with Gasteiger partial charge in [-0.3, -0.25) is 19.3 Å². The third kappa shape index (κ3) is 6.10. The minimum atomic E-state index is -1.92. The number of aliphatic hydroxyl groups excluding tert-OH is 1. The van der Waals surface area contributed by atoms with Crippen molar-refractivity contribution >= 4 is 35.3 Å². The molecule has 9 nitrogen and oxygen atoms in total. The zero-order valence-corrected chi connectivity index (χ0v) is 27.0. The summed E-state index contributed by atoms with van der Waals surface area (Å²) in [5.74, 6) is -0.831. The van der Waals surface area contributed by atoms with Crippen molar-refractivity contribution in [2.24, 2.45) is 5.92 Å². The molecule has 3 atom stereocenters. The maximum absolute atomic E-state index is 14.2. The van der Waals surface area contributed by atoms with E-state index in [4.69, 9.17) is 4.74 Å². The number of carbonyl (C=O) groups excluding carboxylic acids is 3. The minimum Gasteiger partial charge on any atom is -0.497 e. The fourth-order valence-electron chi connectivity index (χ4n) is 6.73. The normalized spacial score (nSPS) is 19.2. The number of ether oxygens (including phenoxy) is 1. The third-order valence-electron chi connectivity index (χ3n) is 9.41. The van der Waals surface area contributed by atoms with Gasteiger partial charge in [-0.2, -0.15) is 0 Å². The van der Waals surface area contributed by atoms with E-state index >= 15 is 0 Å². The van der Waals surface area contributed by atoms with Crippen LogP contribution in [0.4, 0.5) is 17.1 Å². The first-order valence-electron chi connectivity index (χ1n) is 16.0. The highest BCUT2D eigenvalue weighted by molar-refractivity contribution is 6.07. The molecule has 0 fully saturated rings. The van der Waals surface area contributed by atoms with Crippen LogP contribution in [0, 0.1) is 5.92 Å². The lowest BCUT2D eigenvalue weighted by molar-refractivity contribution is -0.139. The number of benzene rings is 4. The van der Waals surface area contributed by atoms with Gasteiger partial charge in [0.2, 0.25) is 12.3 Å². The molecule has 0 bridgehead atoms. The number of rotatable bonds is 11. The molecule has 0 unspecified atom stereocenters. The van der Waals surface area contributed by atoms with E-state index in [9.17, 15) is 24.6 Å². The highest BCUT2D eigenvalue weighted by Gasteiger charge is 2.52. The Hall–Kier alpha value is -5.25. The van der Waals surface area contributed by atoms with Gasteiger partial charge in [-0.05, 0) is 65.6 Å². The van der Waals surface area contributed by atoms with Crippen molar-refractivity contribution < 1.29 is 29.3 Å². The van der Waals surface area contributed by atoms with Crippen LogP contribution in [-0.2, 0) is 39.5 Å². The van der Waals surface area contributed by atoms with Crippen LogP contribution >= 0.6 is 0 Å². The van der Waals surface area contributed by atoms with Gasteiger partial charge < -0.3 is 24.7 Å². The molecule has 0 saturated heterocycles. The standard InChI is InChI=1S/C39H39N3O6/c1-27(10-8-17-37(45)40-24-30-13-7-6-12-29(30)21-33(40)25-43)39(47)35-22-34(48-2)18-19-36(35)41(38(39)46)23-28-11-9-16-32(20-28)42(26-44)31-14-4-3-5-15-31/h3-16,18-20,22,26-27,33,43,47H,17,21,23-25H2,1-2H3/b10-8+/t27-,33+,39+/m1/s1. The molecular weight excluding hydrogens is 606 g/mol. The average Bonchev–Trinajstić information content (AvgIpc) is 3.33. The summed E-state index contributed by atoms with van der Waals surface area (Å²) in [7, 11) is 1.53. The predicted molar refractivity (Wildman–Crippen MR) is 184 cm³/mol. The summed E-state index contributed by atoms with van der Waals surface area (Å²) < 4.78 is 5.46. The number of para-hydroxylation sites is 1.